The maximum Gasteiger partial charge on any atom is 0.150 e. The van der Waals surface area contributed by atoms with Crippen LogP contribution in [0.15, 0.2) is 36.4 Å². The fraction of sp³-hybridized carbons (Fsp3) is 0.133. The molecule has 1 nitrogen and oxygen atoms in total. The van der Waals surface area contributed by atoms with Crippen molar-refractivity contribution in [1.29, 1.82) is 0 Å². The van der Waals surface area contributed by atoms with Crippen LogP contribution in [0.1, 0.15) is 21.5 Å². The van der Waals surface area contributed by atoms with Crippen molar-refractivity contribution in [1.82, 2.24) is 0 Å². The number of benzene rings is 2. The number of hydrogen-bond acceptors (Lipinski definition) is 1. The molecule has 2 aromatic rings. The zero-order valence-electron chi connectivity index (χ0n) is 9.83. The molecule has 86 valence electrons. The van der Waals surface area contributed by atoms with Crippen LogP contribution in [0.2, 0.25) is 0 Å². The van der Waals surface area contributed by atoms with Crippen LogP contribution in [0.4, 0.5) is 4.39 Å². The average molecular weight is 228 g/mol. The molecule has 0 radical (unpaired) electrons. The predicted molar refractivity (Wildman–Crippen MR) is 66.7 cm³/mol. The van der Waals surface area contributed by atoms with Gasteiger partial charge in [-0.2, -0.15) is 0 Å². The lowest BCUT2D eigenvalue weighted by Crippen LogP contribution is -1.89. The Hall–Kier alpha value is -1.96. The molecule has 2 rings (SSSR count). The van der Waals surface area contributed by atoms with E-state index in [0.717, 1.165) is 23.0 Å². The lowest BCUT2D eigenvalue weighted by molar-refractivity contribution is 0.112. The van der Waals surface area contributed by atoms with Crippen molar-refractivity contribution in [2.45, 2.75) is 13.8 Å². The summed E-state index contributed by atoms with van der Waals surface area (Å²) in [5, 5.41) is 0. The van der Waals surface area contributed by atoms with Gasteiger partial charge in [-0.1, -0.05) is 24.3 Å². The van der Waals surface area contributed by atoms with E-state index in [1.54, 1.807) is 19.1 Å². The van der Waals surface area contributed by atoms with Gasteiger partial charge in [-0.3, -0.25) is 4.79 Å². The summed E-state index contributed by atoms with van der Waals surface area (Å²) in [6, 6.07) is 10.6. The second-order valence-electron chi connectivity index (χ2n) is 4.15. The number of aryl methyl sites for hydroxylation is 2. The Kier molecular flexibility index (Phi) is 3.05. The second kappa shape index (κ2) is 4.50. The molecule has 0 aliphatic rings. The second-order valence-corrected chi connectivity index (χ2v) is 4.15. The molecule has 0 amide bonds. The van der Waals surface area contributed by atoms with Gasteiger partial charge in [-0.15, -0.1) is 0 Å². The van der Waals surface area contributed by atoms with Gasteiger partial charge in [0.05, 0.1) is 0 Å². The van der Waals surface area contributed by atoms with Crippen LogP contribution in [0.25, 0.3) is 11.1 Å². The van der Waals surface area contributed by atoms with Gasteiger partial charge in [-0.25, -0.2) is 4.39 Å². The highest BCUT2D eigenvalue weighted by Gasteiger charge is 2.04. The van der Waals surface area contributed by atoms with E-state index in [4.69, 9.17) is 0 Å². The first-order valence-corrected chi connectivity index (χ1v) is 5.44. The number of halogens is 1. The first kappa shape index (κ1) is 11.5. The standard InChI is InChI=1S/C15H13FO/c1-10-7-12(3-4-14(10)9-17)13-5-6-15(16)11(2)8-13/h3-9H,1-2H3. The van der Waals surface area contributed by atoms with Gasteiger partial charge in [-0.05, 0) is 48.2 Å². The lowest BCUT2D eigenvalue weighted by atomic mass is 9.99. The van der Waals surface area contributed by atoms with Gasteiger partial charge in [0, 0.05) is 5.56 Å². The topological polar surface area (TPSA) is 17.1 Å². The van der Waals surface area contributed by atoms with Crippen molar-refractivity contribution >= 4 is 6.29 Å². The van der Waals surface area contributed by atoms with E-state index >= 15 is 0 Å². The molecule has 0 aliphatic heterocycles. The number of hydrogen-bond donors (Lipinski definition) is 0. The van der Waals surface area contributed by atoms with Crippen molar-refractivity contribution in [3.05, 3.63) is 58.9 Å². The third-order valence-corrected chi connectivity index (χ3v) is 2.89. The van der Waals surface area contributed by atoms with E-state index < -0.39 is 0 Å². The van der Waals surface area contributed by atoms with Crippen LogP contribution in [-0.4, -0.2) is 6.29 Å². The maximum absolute atomic E-state index is 13.2. The molecular weight excluding hydrogens is 215 g/mol. The summed E-state index contributed by atoms with van der Waals surface area (Å²) in [5.74, 6) is -0.199. The molecule has 0 fully saturated rings. The third kappa shape index (κ3) is 2.26. The van der Waals surface area contributed by atoms with Crippen LogP contribution in [0.5, 0.6) is 0 Å². The average Bonchev–Trinajstić information content (AvgIpc) is 2.32. The van der Waals surface area contributed by atoms with Crippen LogP contribution in [0.3, 0.4) is 0 Å². The van der Waals surface area contributed by atoms with Gasteiger partial charge < -0.3 is 0 Å². The Balaban J connectivity index is 2.49. The highest BCUT2D eigenvalue weighted by Crippen LogP contribution is 2.23. The Labute approximate surface area is 99.9 Å². The number of carbonyl (C=O) groups excluding carboxylic acids is 1. The quantitative estimate of drug-likeness (QED) is 0.712. The molecule has 2 aromatic carbocycles. The molecule has 0 heterocycles. The Morgan fingerprint density at radius 2 is 1.53 bits per heavy atom. The fourth-order valence-corrected chi connectivity index (χ4v) is 1.81. The molecule has 2 heteroatoms. The summed E-state index contributed by atoms with van der Waals surface area (Å²) in [4.78, 5) is 10.7. The molecular formula is C15H13FO. The highest BCUT2D eigenvalue weighted by atomic mass is 19.1. The molecule has 0 aliphatic carbocycles. The van der Waals surface area contributed by atoms with Gasteiger partial charge in [0.15, 0.2) is 0 Å². The first-order chi connectivity index (χ1) is 8.11. The number of carbonyl (C=O) groups is 1. The minimum Gasteiger partial charge on any atom is -0.298 e. The summed E-state index contributed by atoms with van der Waals surface area (Å²) in [6.45, 7) is 3.63. The highest BCUT2D eigenvalue weighted by molar-refractivity contribution is 5.79. The molecule has 0 unspecified atom stereocenters. The minimum atomic E-state index is -0.199. The predicted octanol–water partition coefficient (Wildman–Crippen LogP) is 3.92. The largest absolute Gasteiger partial charge is 0.298 e. The Bertz CT molecular complexity index is 573. The van der Waals surface area contributed by atoms with Crippen LogP contribution in [-0.2, 0) is 0 Å². The smallest absolute Gasteiger partial charge is 0.150 e. The lowest BCUT2D eigenvalue weighted by Gasteiger charge is -2.06. The van der Waals surface area contributed by atoms with Gasteiger partial charge in [0.25, 0.3) is 0 Å². The first-order valence-electron chi connectivity index (χ1n) is 5.44. The third-order valence-electron chi connectivity index (χ3n) is 2.89. The van der Waals surface area contributed by atoms with Crippen molar-refractivity contribution in [3.63, 3.8) is 0 Å². The van der Waals surface area contributed by atoms with Gasteiger partial charge >= 0.3 is 0 Å². The molecule has 0 saturated heterocycles. The summed E-state index contributed by atoms with van der Waals surface area (Å²) < 4.78 is 13.2. The van der Waals surface area contributed by atoms with Crippen LogP contribution >= 0.6 is 0 Å². The van der Waals surface area contributed by atoms with E-state index in [0.29, 0.717) is 11.1 Å². The summed E-state index contributed by atoms with van der Waals surface area (Å²) in [6.07, 6.45) is 0.842. The molecule has 0 saturated carbocycles. The summed E-state index contributed by atoms with van der Waals surface area (Å²) in [5.41, 5.74) is 4.20. The van der Waals surface area contributed by atoms with Crippen molar-refractivity contribution in [2.75, 3.05) is 0 Å². The van der Waals surface area contributed by atoms with E-state index in [1.165, 1.54) is 6.07 Å². The SMILES string of the molecule is Cc1cc(-c2ccc(C=O)c(C)c2)ccc1F. The monoisotopic (exact) mass is 228 g/mol. The van der Waals surface area contributed by atoms with Gasteiger partial charge in [0.1, 0.15) is 12.1 Å². The number of rotatable bonds is 2. The van der Waals surface area contributed by atoms with Crippen LogP contribution < -0.4 is 0 Å². The normalized spacial score (nSPS) is 10.3. The zero-order valence-corrected chi connectivity index (χ0v) is 9.83. The minimum absolute atomic E-state index is 0.199. The van der Waals surface area contributed by atoms with Crippen molar-refractivity contribution in [3.8, 4) is 11.1 Å². The number of aldehydes is 1. The fourth-order valence-electron chi connectivity index (χ4n) is 1.81. The summed E-state index contributed by atoms with van der Waals surface area (Å²) >= 11 is 0. The zero-order chi connectivity index (χ0) is 12.4. The van der Waals surface area contributed by atoms with E-state index in [2.05, 4.69) is 0 Å². The van der Waals surface area contributed by atoms with Gasteiger partial charge in [0.2, 0.25) is 0 Å². The maximum atomic E-state index is 13.2. The molecule has 0 N–H and O–H groups in total. The van der Waals surface area contributed by atoms with Crippen LogP contribution in [0, 0.1) is 19.7 Å². The molecule has 0 atom stereocenters. The van der Waals surface area contributed by atoms with E-state index in [9.17, 15) is 9.18 Å². The molecule has 0 bridgehead atoms. The summed E-state index contributed by atoms with van der Waals surface area (Å²) in [7, 11) is 0. The van der Waals surface area contributed by atoms with E-state index in [-0.39, 0.29) is 5.82 Å². The van der Waals surface area contributed by atoms with E-state index in [1.807, 2.05) is 25.1 Å². The Morgan fingerprint density at radius 3 is 2.06 bits per heavy atom. The Morgan fingerprint density at radius 1 is 0.941 bits per heavy atom. The molecule has 0 spiro atoms. The molecule has 0 aromatic heterocycles. The van der Waals surface area contributed by atoms with Crippen molar-refractivity contribution < 1.29 is 9.18 Å². The molecule has 17 heavy (non-hydrogen) atoms. The van der Waals surface area contributed by atoms with Crippen molar-refractivity contribution in [2.24, 2.45) is 0 Å².